The molecule has 1 saturated carbocycles. The fourth-order valence-corrected chi connectivity index (χ4v) is 4.82. The summed E-state index contributed by atoms with van der Waals surface area (Å²) in [5.41, 5.74) is 6.12. The maximum Gasteiger partial charge on any atom is 0.232 e. The molecule has 2 heterocycles. The highest BCUT2D eigenvalue weighted by molar-refractivity contribution is 7.99. The van der Waals surface area contributed by atoms with Gasteiger partial charge in [-0.25, -0.2) is 0 Å². The summed E-state index contributed by atoms with van der Waals surface area (Å²) < 4.78 is 5.70. The average Bonchev–Trinajstić information content (AvgIpc) is 3.03. The molecule has 0 spiro atoms. The minimum atomic E-state index is 0. The second kappa shape index (κ2) is 8.04. The number of carbonyl (C=O) groups excluding carboxylic acids is 1. The largest absolute Gasteiger partial charge is 0.377 e. The zero-order valence-corrected chi connectivity index (χ0v) is 14.2. The highest BCUT2D eigenvalue weighted by atomic mass is 35.5. The summed E-state index contributed by atoms with van der Waals surface area (Å²) in [4.78, 5) is 14.3. The molecule has 0 radical (unpaired) electrons. The van der Waals surface area contributed by atoms with E-state index < -0.39 is 0 Å². The summed E-state index contributed by atoms with van der Waals surface area (Å²) >= 11 is 1.74. The third-order valence-electron chi connectivity index (χ3n) is 5.07. The second-order valence-electron chi connectivity index (χ2n) is 6.47. The Labute approximate surface area is 137 Å². The van der Waals surface area contributed by atoms with E-state index in [1.165, 1.54) is 19.3 Å². The lowest BCUT2D eigenvalue weighted by Gasteiger charge is -2.23. The number of hydrogen-bond donors (Lipinski definition) is 1. The molecule has 4 nitrogen and oxygen atoms in total. The van der Waals surface area contributed by atoms with E-state index in [0.29, 0.717) is 35.6 Å². The Hall–Kier alpha value is 0.0300. The number of thioether (sulfide) groups is 1. The summed E-state index contributed by atoms with van der Waals surface area (Å²) in [6.07, 6.45) is 6.34. The van der Waals surface area contributed by atoms with Crippen LogP contribution in [-0.2, 0) is 9.53 Å². The van der Waals surface area contributed by atoms with Crippen LogP contribution in [0.25, 0.3) is 0 Å². The predicted octanol–water partition coefficient (Wildman–Crippen LogP) is 1.91. The van der Waals surface area contributed by atoms with Gasteiger partial charge in [-0.05, 0) is 43.9 Å². The molecule has 0 aromatic rings. The molecule has 2 aliphatic heterocycles. The number of carbonyl (C=O) groups is 1. The van der Waals surface area contributed by atoms with E-state index >= 15 is 0 Å². The van der Waals surface area contributed by atoms with Crippen LogP contribution < -0.4 is 5.73 Å². The Kier molecular flexibility index (Phi) is 6.66. The topological polar surface area (TPSA) is 55.6 Å². The van der Waals surface area contributed by atoms with Gasteiger partial charge in [0.2, 0.25) is 5.91 Å². The summed E-state index contributed by atoms with van der Waals surface area (Å²) in [7, 11) is 0. The molecule has 3 aliphatic rings. The molecule has 3 fully saturated rings. The van der Waals surface area contributed by atoms with Crippen molar-refractivity contribution < 1.29 is 9.53 Å². The normalized spacial score (nSPS) is 35.4. The van der Waals surface area contributed by atoms with Gasteiger partial charge in [0, 0.05) is 31.5 Å². The molecule has 0 bridgehead atoms. The first-order valence-corrected chi connectivity index (χ1v) is 9.12. The number of amides is 1. The van der Waals surface area contributed by atoms with Crippen molar-refractivity contribution >= 4 is 30.1 Å². The van der Waals surface area contributed by atoms with Gasteiger partial charge in [-0.1, -0.05) is 0 Å². The Bertz CT molecular complexity index is 353. The molecule has 21 heavy (non-hydrogen) atoms. The quantitative estimate of drug-likeness (QED) is 0.853. The second-order valence-corrected chi connectivity index (χ2v) is 7.50. The number of fused-ring (bicyclic) bond motifs is 1. The highest BCUT2D eigenvalue weighted by Crippen LogP contribution is 2.37. The lowest BCUT2D eigenvalue weighted by Crippen LogP contribution is -2.34. The van der Waals surface area contributed by atoms with Gasteiger partial charge in [0.25, 0.3) is 0 Å². The van der Waals surface area contributed by atoms with Gasteiger partial charge in [-0.2, -0.15) is 0 Å². The van der Waals surface area contributed by atoms with Crippen molar-refractivity contribution in [1.82, 2.24) is 4.90 Å². The van der Waals surface area contributed by atoms with E-state index in [4.69, 9.17) is 10.5 Å². The van der Waals surface area contributed by atoms with E-state index in [2.05, 4.69) is 0 Å². The first-order valence-electron chi connectivity index (χ1n) is 7.96. The predicted molar refractivity (Wildman–Crippen MR) is 88.9 cm³/mol. The Morgan fingerprint density at radius 3 is 2.81 bits per heavy atom. The minimum absolute atomic E-state index is 0. The molecule has 0 aromatic heterocycles. The number of ether oxygens (including phenoxy) is 1. The summed E-state index contributed by atoms with van der Waals surface area (Å²) in [6, 6.07) is 0.320. The maximum absolute atomic E-state index is 12.2. The molecule has 1 amide bonds. The fraction of sp³-hybridized carbons (Fsp3) is 0.933. The first kappa shape index (κ1) is 17.4. The van der Waals surface area contributed by atoms with Gasteiger partial charge < -0.3 is 15.4 Å². The zero-order chi connectivity index (χ0) is 13.9. The molecule has 122 valence electrons. The highest BCUT2D eigenvalue weighted by Gasteiger charge is 2.42. The number of halogens is 1. The van der Waals surface area contributed by atoms with Gasteiger partial charge in [0.05, 0.1) is 11.9 Å². The standard InChI is InChI=1S/C15H26N2O2S.ClH/c16-14-5-4-11-7-17(8-13(11)14)15(18)10-20-9-12-3-1-2-6-19-12;/h11-14H,1-10,16H2;1H. The van der Waals surface area contributed by atoms with Crippen molar-refractivity contribution in [3.63, 3.8) is 0 Å². The van der Waals surface area contributed by atoms with Crippen LogP contribution in [0.15, 0.2) is 0 Å². The van der Waals surface area contributed by atoms with E-state index in [1.807, 2.05) is 4.90 Å². The molecular weight excluding hydrogens is 308 g/mol. The first-order chi connectivity index (χ1) is 9.74. The molecule has 2 N–H and O–H groups in total. The molecule has 0 aromatic carbocycles. The van der Waals surface area contributed by atoms with Gasteiger partial charge >= 0.3 is 0 Å². The summed E-state index contributed by atoms with van der Waals surface area (Å²) in [5.74, 6) is 3.10. The van der Waals surface area contributed by atoms with Crippen LogP contribution in [-0.4, -0.2) is 54.2 Å². The van der Waals surface area contributed by atoms with Crippen LogP contribution in [0.2, 0.25) is 0 Å². The summed E-state index contributed by atoms with van der Waals surface area (Å²) in [5, 5.41) is 0. The van der Waals surface area contributed by atoms with Crippen molar-refractivity contribution in [2.75, 3.05) is 31.2 Å². The van der Waals surface area contributed by atoms with Crippen LogP contribution >= 0.6 is 24.2 Å². The average molecular weight is 335 g/mol. The van der Waals surface area contributed by atoms with Crippen molar-refractivity contribution in [3.8, 4) is 0 Å². The van der Waals surface area contributed by atoms with E-state index in [9.17, 15) is 4.79 Å². The van der Waals surface area contributed by atoms with Gasteiger partial charge in [0.15, 0.2) is 0 Å². The molecule has 3 rings (SSSR count). The van der Waals surface area contributed by atoms with Crippen molar-refractivity contribution in [2.24, 2.45) is 17.6 Å². The van der Waals surface area contributed by atoms with Gasteiger partial charge in [0.1, 0.15) is 0 Å². The van der Waals surface area contributed by atoms with E-state index in [0.717, 1.165) is 38.3 Å². The number of nitrogens with zero attached hydrogens (tertiary/aromatic N) is 1. The molecule has 6 heteroatoms. The molecular formula is C15H27ClN2O2S. The number of nitrogens with two attached hydrogens (primary N) is 1. The Morgan fingerprint density at radius 2 is 2.10 bits per heavy atom. The Morgan fingerprint density at radius 1 is 1.24 bits per heavy atom. The molecule has 4 atom stereocenters. The lowest BCUT2D eigenvalue weighted by molar-refractivity contribution is -0.127. The smallest absolute Gasteiger partial charge is 0.232 e. The van der Waals surface area contributed by atoms with Gasteiger partial charge in [-0.3, -0.25) is 4.79 Å². The minimum Gasteiger partial charge on any atom is -0.377 e. The van der Waals surface area contributed by atoms with Crippen LogP contribution in [0, 0.1) is 11.8 Å². The van der Waals surface area contributed by atoms with Gasteiger partial charge in [-0.15, -0.1) is 24.2 Å². The molecule has 4 unspecified atom stereocenters. The van der Waals surface area contributed by atoms with Crippen LogP contribution in [0.5, 0.6) is 0 Å². The van der Waals surface area contributed by atoms with Crippen molar-refractivity contribution in [1.29, 1.82) is 0 Å². The Balaban J connectivity index is 0.00000161. The van der Waals surface area contributed by atoms with Crippen LogP contribution in [0.3, 0.4) is 0 Å². The number of rotatable bonds is 4. The van der Waals surface area contributed by atoms with Crippen LogP contribution in [0.4, 0.5) is 0 Å². The SMILES string of the molecule is Cl.NC1CCC2CN(C(=O)CSCC3CCCCO3)CC12. The lowest BCUT2D eigenvalue weighted by atomic mass is 9.98. The third-order valence-corrected chi connectivity index (χ3v) is 6.13. The molecule has 1 aliphatic carbocycles. The number of hydrogen-bond acceptors (Lipinski definition) is 4. The van der Waals surface area contributed by atoms with Crippen LogP contribution in [0.1, 0.15) is 32.1 Å². The fourth-order valence-electron chi connectivity index (χ4n) is 3.82. The summed E-state index contributed by atoms with van der Waals surface area (Å²) in [6.45, 7) is 2.73. The van der Waals surface area contributed by atoms with E-state index in [-0.39, 0.29) is 12.4 Å². The van der Waals surface area contributed by atoms with Crippen molar-refractivity contribution in [2.45, 2.75) is 44.2 Å². The van der Waals surface area contributed by atoms with Crippen molar-refractivity contribution in [3.05, 3.63) is 0 Å². The molecule has 2 saturated heterocycles. The van der Waals surface area contributed by atoms with E-state index in [1.54, 1.807) is 11.8 Å². The number of likely N-dealkylation sites (tertiary alicyclic amines) is 1. The maximum atomic E-state index is 12.2. The monoisotopic (exact) mass is 334 g/mol. The third kappa shape index (κ3) is 4.27. The zero-order valence-electron chi connectivity index (χ0n) is 12.5.